The Labute approximate surface area is 769 Å². The van der Waals surface area contributed by atoms with Gasteiger partial charge in [0.05, 0.1) is 219 Å². The highest BCUT2D eigenvalue weighted by molar-refractivity contribution is 6.31. The van der Waals surface area contributed by atoms with Gasteiger partial charge in [0.2, 0.25) is 35.4 Å². The zero-order valence-electron chi connectivity index (χ0n) is 73.7. The van der Waals surface area contributed by atoms with Crippen LogP contribution in [0.25, 0.3) is 11.8 Å². The second-order valence-corrected chi connectivity index (χ2v) is 31.1. The molecule has 1 unspecified atom stereocenters. The summed E-state index contributed by atoms with van der Waals surface area (Å²) in [5.74, 6) is -5.42. The molecule has 0 bridgehead atoms. The molecule has 3 fully saturated rings. The SMILES string of the molecule is CN1CCN(c2cc(CCCNC(=O)COCCOCCOCC(=O)NC(COCCC(=O)NCCOCCOCCOCCOC[C@H]3OC[C@H](Nc4cncc(C(F)(F)F)n4)[C@@H](O)[C@H]3O)COCCC(=O)NCCOCCOCCOCCOC[C@H]3OCC[C@@H](O)[C@H]3O)cc3c2CCN(C(=O)/C=C/c2c(-n4cnnn4)ccc(Cl)c2F)[C@@H]3C(=O)Nc2ccc(C(=O)O)cc2)C(=O)C1. The van der Waals surface area contributed by atoms with E-state index in [1.54, 1.807) is 11.0 Å². The number of tetrazole rings is 1. The molecule has 11 N–H and O–H groups in total. The van der Waals surface area contributed by atoms with Crippen molar-refractivity contribution in [3.63, 3.8) is 0 Å². The zero-order valence-corrected chi connectivity index (χ0v) is 74.5. The molecular formula is C85H118ClF4N15O28. The lowest BCUT2D eigenvalue weighted by Gasteiger charge is -2.40. The van der Waals surface area contributed by atoms with Crippen LogP contribution in [0.3, 0.4) is 0 Å². The molecule has 6 heterocycles. The highest BCUT2D eigenvalue weighted by Crippen LogP contribution is 2.40. The second-order valence-electron chi connectivity index (χ2n) is 30.7. The average molecular weight is 1910 g/mol. The molecule has 9 rings (SSSR count). The second kappa shape index (κ2) is 58.6. The van der Waals surface area contributed by atoms with Gasteiger partial charge >= 0.3 is 12.1 Å². The number of alkyl halides is 3. The lowest BCUT2D eigenvalue weighted by Crippen LogP contribution is -2.57. The fraction of sp³-hybridized carbons (Fsp3) is 0.612. The van der Waals surface area contributed by atoms with E-state index >= 15 is 4.39 Å². The lowest BCUT2D eigenvalue weighted by atomic mass is 9.87. The van der Waals surface area contributed by atoms with Crippen molar-refractivity contribution < 1.29 is 153 Å². The van der Waals surface area contributed by atoms with Gasteiger partial charge in [0.25, 0.3) is 5.91 Å². The molecule has 0 spiro atoms. The van der Waals surface area contributed by atoms with E-state index in [0.29, 0.717) is 94.0 Å². The molecule has 4 aliphatic rings. The number of aryl methyl sites for hydroxylation is 1. The fourth-order valence-electron chi connectivity index (χ4n) is 13.8. The van der Waals surface area contributed by atoms with Gasteiger partial charge in [-0.1, -0.05) is 17.7 Å². The number of piperazine rings is 1. The molecule has 736 valence electrons. The number of aromatic nitrogens is 6. The van der Waals surface area contributed by atoms with Crippen LogP contribution in [0, 0.1) is 5.82 Å². The summed E-state index contributed by atoms with van der Waals surface area (Å²) in [5.41, 5.74) is 1.31. The summed E-state index contributed by atoms with van der Waals surface area (Å²) < 4.78 is 140. The summed E-state index contributed by atoms with van der Waals surface area (Å²) in [6.07, 6.45) is -4.45. The van der Waals surface area contributed by atoms with Crippen molar-refractivity contribution in [1.82, 2.24) is 61.2 Å². The van der Waals surface area contributed by atoms with Crippen LogP contribution in [0.15, 0.2) is 73.3 Å². The van der Waals surface area contributed by atoms with E-state index in [2.05, 4.69) is 57.4 Å². The number of likely N-dealkylation sites (N-methyl/N-ethyl adjacent to an activating group) is 1. The molecule has 7 amide bonds. The molecule has 5 aromatic rings. The van der Waals surface area contributed by atoms with Gasteiger partial charge in [0, 0.05) is 81.7 Å². The predicted molar refractivity (Wildman–Crippen MR) is 461 cm³/mol. The van der Waals surface area contributed by atoms with Crippen molar-refractivity contribution >= 4 is 82.2 Å². The van der Waals surface area contributed by atoms with E-state index in [1.165, 1.54) is 58.4 Å². The Morgan fingerprint density at radius 2 is 1.22 bits per heavy atom. The fourth-order valence-corrected chi connectivity index (χ4v) is 14.0. The lowest BCUT2D eigenvalue weighted by molar-refractivity contribution is -0.161. The number of aromatic carboxylic acids is 1. The number of ether oxygens (including phenoxy) is 15. The van der Waals surface area contributed by atoms with E-state index in [1.807, 2.05) is 18.0 Å². The molecule has 9 atom stereocenters. The zero-order chi connectivity index (χ0) is 95.1. The first-order valence-electron chi connectivity index (χ1n) is 43.5. The van der Waals surface area contributed by atoms with E-state index in [9.17, 15) is 77.1 Å². The normalized spacial score (nSPS) is 19.1. The van der Waals surface area contributed by atoms with Crippen molar-refractivity contribution in [3.05, 3.63) is 118 Å². The number of fused-ring (bicyclic) bond motifs is 1. The van der Waals surface area contributed by atoms with Crippen LogP contribution in [0.2, 0.25) is 5.02 Å². The van der Waals surface area contributed by atoms with E-state index in [0.717, 1.165) is 12.3 Å². The van der Waals surface area contributed by atoms with Gasteiger partial charge in [-0.3, -0.25) is 43.4 Å². The minimum atomic E-state index is -4.72. The highest BCUT2D eigenvalue weighted by atomic mass is 35.5. The third-order valence-electron chi connectivity index (χ3n) is 20.7. The van der Waals surface area contributed by atoms with Gasteiger partial charge in [0.1, 0.15) is 61.9 Å². The van der Waals surface area contributed by atoms with Crippen molar-refractivity contribution in [3.8, 4) is 5.69 Å². The molecule has 133 heavy (non-hydrogen) atoms. The predicted octanol–water partition coefficient (Wildman–Crippen LogP) is -0.108. The molecule has 3 saturated heterocycles. The number of aliphatic hydroxyl groups is 4. The molecule has 43 nitrogen and oxygen atoms in total. The molecule has 4 aliphatic heterocycles. The number of benzene rings is 3. The molecular weight excluding hydrogens is 1790 g/mol. The number of hydrogen-bond acceptors (Lipinski definition) is 34. The van der Waals surface area contributed by atoms with Crippen LogP contribution in [0.1, 0.15) is 70.0 Å². The number of carboxylic acid groups (broad SMARTS) is 1. The van der Waals surface area contributed by atoms with Gasteiger partial charge in [-0.25, -0.2) is 14.2 Å². The Kier molecular flexibility index (Phi) is 47.1. The Bertz CT molecular complexity index is 4430. The molecule has 0 radical (unpaired) electrons. The summed E-state index contributed by atoms with van der Waals surface area (Å²) in [5, 5.41) is 78.0. The Balaban J connectivity index is 0.647. The van der Waals surface area contributed by atoms with Gasteiger partial charge in [0.15, 0.2) is 11.5 Å². The Hall–Kier alpha value is -9.68. The van der Waals surface area contributed by atoms with Gasteiger partial charge in [-0.15, -0.1) is 5.10 Å². The van der Waals surface area contributed by atoms with Crippen LogP contribution in [0.5, 0.6) is 0 Å². The summed E-state index contributed by atoms with van der Waals surface area (Å²) in [4.78, 5) is 118. The minimum absolute atomic E-state index is 0.00197. The topological polar surface area (TPSA) is 527 Å². The first-order valence-corrected chi connectivity index (χ1v) is 43.9. The quantitative estimate of drug-likeness (QED) is 0.0137. The van der Waals surface area contributed by atoms with Crippen molar-refractivity contribution in [1.29, 1.82) is 0 Å². The van der Waals surface area contributed by atoms with Crippen molar-refractivity contribution in [2.24, 2.45) is 0 Å². The molecule has 2 aromatic heterocycles. The Morgan fingerprint density at radius 1 is 0.639 bits per heavy atom. The van der Waals surface area contributed by atoms with Gasteiger partial charge < -0.3 is 138 Å². The number of halogens is 5. The van der Waals surface area contributed by atoms with E-state index in [4.69, 9.17) is 82.7 Å². The summed E-state index contributed by atoms with van der Waals surface area (Å²) in [6, 6.07) is 8.87. The number of rotatable bonds is 62. The maximum atomic E-state index is 15.8. The maximum absolute atomic E-state index is 15.8. The third-order valence-corrected chi connectivity index (χ3v) is 21.0. The molecule has 48 heteroatoms. The number of hydrogen-bond donors (Lipinski definition) is 11. The van der Waals surface area contributed by atoms with Gasteiger partial charge in [-0.05, 0) is 108 Å². The number of aliphatic hydroxyl groups excluding tert-OH is 4. The highest BCUT2D eigenvalue weighted by Gasteiger charge is 2.42. The molecule has 0 saturated carbocycles. The largest absolute Gasteiger partial charge is 0.478 e. The van der Waals surface area contributed by atoms with Crippen molar-refractivity contribution in [2.75, 3.05) is 253 Å². The monoisotopic (exact) mass is 1910 g/mol. The first kappa shape index (κ1) is 107. The summed E-state index contributed by atoms with van der Waals surface area (Å²) in [6.45, 7) is 4.51. The Morgan fingerprint density at radius 3 is 1.80 bits per heavy atom. The van der Waals surface area contributed by atoms with Crippen LogP contribution >= 0.6 is 11.6 Å². The van der Waals surface area contributed by atoms with Crippen molar-refractivity contribution in [2.45, 2.75) is 99.5 Å². The number of carboxylic acids is 1. The number of nitrogens with zero attached hydrogens (tertiary/aromatic N) is 9. The molecule has 0 aliphatic carbocycles. The number of anilines is 3. The van der Waals surface area contributed by atoms with Gasteiger partial charge in [-0.2, -0.15) is 17.9 Å². The standard InChI is InChI=1S/C85H118ClF4N15O28/c1-102-20-21-103(77(112)47-102)66-44-56(43-62-60(66)12-19-104(79(62)83(116)97-58-6-4-57(5-7-58)84(117)118)76(111)11-8-61-65(105-55-95-100-101-105)10-9-63(86)78(61)87)3-2-16-92-74(109)53-130-41-37-125-38-42-131-54-75(110)96-59(48-126-22-14-72(107)93-17-25-119-27-29-121-31-33-123-35-39-128-51-68-81(114)67(106)13-24-132-68)49-127-23-15-73(108)94-18-26-120-28-30-122-32-34-124-36-40-129-52-69-82(115)80(113)64(50-133-69)98-71-46-91-45-70(99-71)85(88,89)90/h4-11,43-46,55,59,64,67-69,79-82,106,113-115H,2-3,12-42,47-54H2,1H3,(H,92,109)(H,93,107)(H,94,108)(H,96,110)(H,97,116)(H,98,99)(H,117,118)/b11-8+/t59?,64-,67+,68+,69+,79-,80+,81+,82-/m0/s1. The number of carbonyl (C=O) groups is 8. The van der Waals surface area contributed by atoms with Crippen LogP contribution < -0.4 is 36.8 Å². The average Bonchev–Trinajstić information content (AvgIpc) is 1.30. The van der Waals surface area contributed by atoms with Crippen LogP contribution in [-0.4, -0.2) is 399 Å². The number of carbonyl (C=O) groups excluding carboxylic acids is 7. The van der Waals surface area contributed by atoms with E-state index < -0.39 is 102 Å². The van der Waals surface area contributed by atoms with Crippen LogP contribution in [0.4, 0.5) is 34.8 Å². The minimum Gasteiger partial charge on any atom is -0.478 e. The summed E-state index contributed by atoms with van der Waals surface area (Å²) in [7, 11) is 1.83. The summed E-state index contributed by atoms with van der Waals surface area (Å²) >= 11 is 6.20. The third kappa shape index (κ3) is 37.5. The smallest absolute Gasteiger partial charge is 0.434 e. The van der Waals surface area contributed by atoms with Crippen LogP contribution in [-0.2, 0) is 124 Å². The molecule has 3 aromatic carbocycles. The first-order chi connectivity index (χ1) is 64.3. The van der Waals surface area contributed by atoms with E-state index in [-0.39, 0.29) is 255 Å². The maximum Gasteiger partial charge on any atom is 0.434 e. The number of nitrogens with one attached hydrogen (secondary N) is 6. The number of amides is 7.